The minimum atomic E-state index is -1.07. The number of amides is 2. The first-order chi connectivity index (χ1) is 12.9. The Bertz CT molecular complexity index is 832. The van der Waals surface area contributed by atoms with Crippen molar-refractivity contribution in [1.82, 2.24) is 20.4 Å². The Morgan fingerprint density at radius 3 is 2.67 bits per heavy atom. The molecule has 0 unspecified atom stereocenters. The molecular formula is C18H20F2N4O3. The Labute approximate surface area is 154 Å². The number of nitrogens with one attached hydrogen (secondary N) is 1. The van der Waals surface area contributed by atoms with E-state index in [1.807, 2.05) is 0 Å². The van der Waals surface area contributed by atoms with Crippen molar-refractivity contribution in [1.29, 1.82) is 0 Å². The molecule has 0 atom stereocenters. The van der Waals surface area contributed by atoms with Crippen LogP contribution in [0, 0.1) is 11.6 Å². The van der Waals surface area contributed by atoms with Gasteiger partial charge >= 0.3 is 0 Å². The van der Waals surface area contributed by atoms with Gasteiger partial charge in [-0.05, 0) is 31.0 Å². The molecule has 27 heavy (non-hydrogen) atoms. The van der Waals surface area contributed by atoms with Gasteiger partial charge in [0, 0.05) is 44.5 Å². The van der Waals surface area contributed by atoms with Gasteiger partial charge in [-0.25, -0.2) is 8.78 Å². The van der Waals surface area contributed by atoms with Crippen LogP contribution < -0.4 is 5.32 Å². The molecule has 1 aromatic heterocycles. The normalized spacial score (nSPS) is 15.0. The van der Waals surface area contributed by atoms with E-state index in [0.29, 0.717) is 31.2 Å². The van der Waals surface area contributed by atoms with Gasteiger partial charge in [0.25, 0.3) is 5.91 Å². The van der Waals surface area contributed by atoms with Crippen molar-refractivity contribution in [3.8, 4) is 0 Å². The number of piperidine rings is 1. The third-order valence-electron chi connectivity index (χ3n) is 4.60. The second-order valence-corrected chi connectivity index (χ2v) is 6.46. The molecule has 0 aliphatic carbocycles. The molecule has 9 heteroatoms. The van der Waals surface area contributed by atoms with Crippen molar-refractivity contribution in [3.05, 3.63) is 47.1 Å². The summed E-state index contributed by atoms with van der Waals surface area (Å²) in [6, 6.07) is 2.97. The quantitative estimate of drug-likeness (QED) is 0.860. The molecule has 3 rings (SSSR count). The van der Waals surface area contributed by atoms with E-state index in [1.165, 1.54) is 6.07 Å². The highest BCUT2D eigenvalue weighted by Crippen LogP contribution is 2.25. The molecule has 2 aromatic rings. The lowest BCUT2D eigenvalue weighted by molar-refractivity contribution is -0.129. The number of carbonyl (C=O) groups is 2. The molecule has 2 heterocycles. The second kappa shape index (κ2) is 8.24. The minimum Gasteiger partial charge on any atom is -0.352 e. The first-order valence-electron chi connectivity index (χ1n) is 8.75. The monoisotopic (exact) mass is 378 g/mol. The molecule has 0 bridgehead atoms. The first-order valence-corrected chi connectivity index (χ1v) is 8.75. The molecule has 1 aromatic carbocycles. The predicted octanol–water partition coefficient (Wildman–Crippen LogP) is 2.05. The van der Waals surface area contributed by atoms with E-state index in [2.05, 4.69) is 15.5 Å². The van der Waals surface area contributed by atoms with Crippen LogP contribution in [0.3, 0.4) is 0 Å². The van der Waals surface area contributed by atoms with Crippen molar-refractivity contribution < 1.29 is 22.9 Å². The van der Waals surface area contributed by atoms with Crippen molar-refractivity contribution in [2.24, 2.45) is 0 Å². The SMILES string of the molecule is CC(=O)N1CCC(c2noc(CCNC(=O)c3ccc(F)c(F)c3)n2)CC1. The van der Waals surface area contributed by atoms with E-state index in [-0.39, 0.29) is 23.9 Å². The van der Waals surface area contributed by atoms with E-state index in [9.17, 15) is 18.4 Å². The number of halogens is 2. The third kappa shape index (κ3) is 4.66. The molecular weight excluding hydrogens is 358 g/mol. The Kier molecular flexibility index (Phi) is 5.78. The maximum Gasteiger partial charge on any atom is 0.251 e. The topological polar surface area (TPSA) is 88.3 Å². The maximum absolute atomic E-state index is 13.2. The fourth-order valence-electron chi connectivity index (χ4n) is 3.01. The lowest BCUT2D eigenvalue weighted by Crippen LogP contribution is -2.36. The van der Waals surface area contributed by atoms with Gasteiger partial charge in [0.15, 0.2) is 17.5 Å². The first kappa shape index (κ1) is 18.9. The lowest BCUT2D eigenvalue weighted by atomic mass is 9.96. The highest BCUT2D eigenvalue weighted by molar-refractivity contribution is 5.94. The summed E-state index contributed by atoms with van der Waals surface area (Å²) in [7, 11) is 0. The third-order valence-corrected chi connectivity index (χ3v) is 4.60. The van der Waals surface area contributed by atoms with Crippen molar-refractivity contribution in [2.45, 2.75) is 32.1 Å². The van der Waals surface area contributed by atoms with Gasteiger partial charge in [-0.3, -0.25) is 9.59 Å². The molecule has 1 saturated heterocycles. The van der Waals surface area contributed by atoms with E-state index in [1.54, 1.807) is 11.8 Å². The van der Waals surface area contributed by atoms with Crippen LogP contribution in [0.2, 0.25) is 0 Å². The Morgan fingerprint density at radius 1 is 1.26 bits per heavy atom. The van der Waals surface area contributed by atoms with Crippen LogP contribution in [-0.4, -0.2) is 46.5 Å². The number of aromatic nitrogens is 2. The molecule has 0 radical (unpaired) electrons. The zero-order chi connectivity index (χ0) is 19.4. The van der Waals surface area contributed by atoms with Gasteiger partial charge in [0.05, 0.1) is 0 Å². The van der Waals surface area contributed by atoms with E-state index in [0.717, 1.165) is 25.0 Å². The van der Waals surface area contributed by atoms with Gasteiger partial charge in [0.1, 0.15) is 0 Å². The van der Waals surface area contributed by atoms with E-state index in [4.69, 9.17) is 4.52 Å². The van der Waals surface area contributed by atoms with Crippen LogP contribution in [0.1, 0.15) is 47.8 Å². The zero-order valence-electron chi connectivity index (χ0n) is 14.9. The molecule has 1 aliphatic heterocycles. The summed E-state index contributed by atoms with van der Waals surface area (Å²) < 4.78 is 31.3. The lowest BCUT2D eigenvalue weighted by Gasteiger charge is -2.29. The van der Waals surface area contributed by atoms with Crippen LogP contribution in [-0.2, 0) is 11.2 Å². The van der Waals surface area contributed by atoms with Crippen LogP contribution in [0.4, 0.5) is 8.78 Å². The molecule has 0 spiro atoms. The van der Waals surface area contributed by atoms with Gasteiger partial charge in [0.2, 0.25) is 11.8 Å². The van der Waals surface area contributed by atoms with E-state index >= 15 is 0 Å². The Hall–Kier alpha value is -2.84. The molecule has 0 saturated carbocycles. The molecule has 1 fully saturated rings. The van der Waals surface area contributed by atoms with Crippen molar-refractivity contribution in [3.63, 3.8) is 0 Å². The summed E-state index contributed by atoms with van der Waals surface area (Å²) in [6.45, 7) is 3.13. The number of hydrogen-bond acceptors (Lipinski definition) is 5. The minimum absolute atomic E-state index is 0.0392. The van der Waals surface area contributed by atoms with Gasteiger partial charge in [-0.15, -0.1) is 0 Å². The summed E-state index contributed by atoms with van der Waals surface area (Å²) in [6.07, 6.45) is 1.89. The number of carbonyl (C=O) groups excluding carboxylic acids is 2. The Balaban J connectivity index is 1.48. The van der Waals surface area contributed by atoms with Gasteiger partial charge in [-0.2, -0.15) is 4.98 Å². The van der Waals surface area contributed by atoms with Crippen LogP contribution in [0.15, 0.2) is 22.7 Å². The van der Waals surface area contributed by atoms with Gasteiger partial charge < -0.3 is 14.7 Å². The molecule has 2 amide bonds. The largest absolute Gasteiger partial charge is 0.352 e. The maximum atomic E-state index is 13.2. The number of nitrogens with zero attached hydrogens (tertiary/aromatic N) is 3. The second-order valence-electron chi connectivity index (χ2n) is 6.46. The van der Waals surface area contributed by atoms with E-state index < -0.39 is 17.5 Å². The highest BCUT2D eigenvalue weighted by atomic mass is 19.2. The molecule has 1 aliphatic rings. The zero-order valence-corrected chi connectivity index (χ0v) is 14.9. The molecule has 144 valence electrons. The predicted molar refractivity (Wildman–Crippen MR) is 90.9 cm³/mol. The van der Waals surface area contributed by atoms with Crippen LogP contribution in [0.5, 0.6) is 0 Å². The fourth-order valence-corrected chi connectivity index (χ4v) is 3.01. The van der Waals surface area contributed by atoms with Crippen LogP contribution in [0.25, 0.3) is 0 Å². The van der Waals surface area contributed by atoms with Crippen molar-refractivity contribution >= 4 is 11.8 Å². The summed E-state index contributed by atoms with van der Waals surface area (Å²) in [5, 5.41) is 6.59. The van der Waals surface area contributed by atoms with Crippen LogP contribution >= 0.6 is 0 Å². The number of benzene rings is 1. The highest BCUT2D eigenvalue weighted by Gasteiger charge is 2.25. The van der Waals surface area contributed by atoms with Gasteiger partial charge in [-0.1, -0.05) is 5.16 Å². The van der Waals surface area contributed by atoms with Crippen molar-refractivity contribution in [2.75, 3.05) is 19.6 Å². The number of hydrogen-bond donors (Lipinski definition) is 1. The smallest absolute Gasteiger partial charge is 0.251 e. The fraction of sp³-hybridized carbons (Fsp3) is 0.444. The number of likely N-dealkylation sites (tertiary alicyclic amines) is 1. The number of rotatable bonds is 5. The average Bonchev–Trinajstić information content (AvgIpc) is 3.13. The average molecular weight is 378 g/mol. The molecule has 7 nitrogen and oxygen atoms in total. The standard InChI is InChI=1S/C18H20F2N4O3/c1-11(25)24-8-5-12(6-9-24)17-22-16(27-23-17)4-7-21-18(26)13-2-3-14(19)15(20)10-13/h2-3,10,12H,4-9H2,1H3,(H,21,26). The summed E-state index contributed by atoms with van der Waals surface area (Å²) in [5.41, 5.74) is 0.0392. The molecule has 1 N–H and O–H groups in total. The summed E-state index contributed by atoms with van der Waals surface area (Å²) >= 11 is 0. The Morgan fingerprint density at radius 2 is 2.00 bits per heavy atom. The summed E-state index contributed by atoms with van der Waals surface area (Å²) in [4.78, 5) is 29.5. The summed E-state index contributed by atoms with van der Waals surface area (Å²) in [5.74, 6) is -1.36.